The van der Waals surface area contributed by atoms with Crippen molar-refractivity contribution >= 4 is 16.5 Å². The van der Waals surface area contributed by atoms with Crippen molar-refractivity contribution in [1.82, 2.24) is 15.0 Å². The fraction of sp³-hybridized carbons (Fsp3) is 0.0638. The summed E-state index contributed by atoms with van der Waals surface area (Å²) < 4.78 is 0. The lowest BCUT2D eigenvalue weighted by Crippen LogP contribution is -2.14. The minimum absolute atomic E-state index is 0.176. The van der Waals surface area contributed by atoms with E-state index in [4.69, 9.17) is 21.5 Å². The van der Waals surface area contributed by atoms with Gasteiger partial charge in [-0.25, -0.2) is 19.8 Å². The van der Waals surface area contributed by atoms with Crippen LogP contribution in [-0.4, -0.2) is 15.0 Å². The molecule has 0 radical (unpaired) electrons. The molecule has 0 N–H and O–H groups in total. The highest BCUT2D eigenvalue weighted by molar-refractivity contribution is 6.04. The van der Waals surface area contributed by atoms with Crippen LogP contribution in [0.3, 0.4) is 0 Å². The zero-order valence-corrected chi connectivity index (χ0v) is 28.3. The average molecular weight is 653 g/mol. The Morgan fingerprint density at radius 1 is 0.431 bits per heavy atom. The standard InChI is InChI=1S/C47H32N4/c1-47(2)41-20-12-19-36(43(41)40-26-25-34(48-3)29-42(40)47)31-23-21-30(22-24-31)35-27-28-39(38-18-11-10-17-37(35)38)46-50-44(32-13-6-4-7-14-32)49-45(51-46)33-15-8-5-9-16-33/h4-29H,1-2H3. The fourth-order valence-corrected chi connectivity index (χ4v) is 7.59. The van der Waals surface area contributed by atoms with E-state index in [1.54, 1.807) is 0 Å². The van der Waals surface area contributed by atoms with Crippen LogP contribution in [0.15, 0.2) is 158 Å². The summed E-state index contributed by atoms with van der Waals surface area (Å²) in [6.07, 6.45) is 0. The van der Waals surface area contributed by atoms with Gasteiger partial charge in [-0.05, 0) is 61.3 Å². The number of nitrogens with zero attached hydrogens (tertiary/aromatic N) is 4. The van der Waals surface area contributed by atoms with Gasteiger partial charge >= 0.3 is 0 Å². The molecule has 0 saturated carbocycles. The van der Waals surface area contributed by atoms with Crippen LogP contribution in [0.5, 0.6) is 0 Å². The highest BCUT2D eigenvalue weighted by Gasteiger charge is 2.36. The lowest BCUT2D eigenvalue weighted by molar-refractivity contribution is 0.661. The second-order valence-corrected chi connectivity index (χ2v) is 13.5. The molecule has 8 aromatic rings. The minimum Gasteiger partial charge on any atom is -0.238 e. The minimum atomic E-state index is -0.176. The Kier molecular flexibility index (Phi) is 7.15. The van der Waals surface area contributed by atoms with Crippen molar-refractivity contribution in [2.24, 2.45) is 0 Å². The SMILES string of the molecule is [C-]#[N+]c1ccc2c(c1)C(C)(C)c1cccc(-c3ccc(-c4ccc(-c5nc(-c6ccccc6)nc(-c6ccccc6)n5)c5ccccc45)cc3)c1-2. The third-order valence-electron chi connectivity index (χ3n) is 10.2. The number of hydrogen-bond donors (Lipinski definition) is 0. The van der Waals surface area contributed by atoms with Crippen LogP contribution in [0.1, 0.15) is 25.0 Å². The summed E-state index contributed by atoms with van der Waals surface area (Å²) in [5, 5.41) is 2.22. The maximum atomic E-state index is 7.57. The highest BCUT2D eigenvalue weighted by atomic mass is 15.0. The topological polar surface area (TPSA) is 43.0 Å². The molecule has 4 heteroatoms. The molecule has 0 spiro atoms. The number of hydrogen-bond acceptors (Lipinski definition) is 3. The second kappa shape index (κ2) is 12.0. The molecule has 1 aliphatic rings. The largest absolute Gasteiger partial charge is 0.238 e. The summed E-state index contributed by atoms with van der Waals surface area (Å²) >= 11 is 0. The van der Waals surface area contributed by atoms with Crippen LogP contribution in [0.4, 0.5) is 5.69 Å². The summed E-state index contributed by atoms with van der Waals surface area (Å²) in [4.78, 5) is 18.7. The molecular weight excluding hydrogens is 621 g/mol. The van der Waals surface area contributed by atoms with Gasteiger partial charge in [0.1, 0.15) is 0 Å². The summed E-state index contributed by atoms with van der Waals surface area (Å²) in [5.41, 5.74) is 13.0. The lowest BCUT2D eigenvalue weighted by atomic mass is 9.82. The van der Waals surface area contributed by atoms with Gasteiger partial charge in [0.2, 0.25) is 0 Å². The Morgan fingerprint density at radius 3 is 1.59 bits per heavy atom. The van der Waals surface area contributed by atoms with Crippen molar-refractivity contribution in [3.05, 3.63) is 180 Å². The van der Waals surface area contributed by atoms with Crippen molar-refractivity contribution in [3.63, 3.8) is 0 Å². The first kappa shape index (κ1) is 30.4. The van der Waals surface area contributed by atoms with E-state index in [1.807, 2.05) is 66.7 Å². The maximum Gasteiger partial charge on any atom is 0.187 e. The Balaban J connectivity index is 1.14. The van der Waals surface area contributed by atoms with Gasteiger partial charge in [0.15, 0.2) is 23.2 Å². The fourth-order valence-electron chi connectivity index (χ4n) is 7.59. The number of benzene rings is 7. The molecule has 7 aromatic carbocycles. The Bertz CT molecular complexity index is 2600. The van der Waals surface area contributed by atoms with E-state index in [9.17, 15) is 0 Å². The summed E-state index contributed by atoms with van der Waals surface area (Å²) in [6, 6.07) is 54.7. The predicted octanol–water partition coefficient (Wildman–Crippen LogP) is 12.2. The van der Waals surface area contributed by atoms with E-state index < -0.39 is 0 Å². The average Bonchev–Trinajstić information content (AvgIpc) is 3.43. The van der Waals surface area contributed by atoms with Crippen molar-refractivity contribution in [1.29, 1.82) is 0 Å². The number of rotatable bonds is 5. The highest BCUT2D eigenvalue weighted by Crippen LogP contribution is 2.53. The first-order valence-electron chi connectivity index (χ1n) is 17.2. The molecule has 9 rings (SSSR count). The van der Waals surface area contributed by atoms with Crippen molar-refractivity contribution in [3.8, 4) is 67.5 Å². The Labute approximate surface area is 297 Å². The zero-order chi connectivity index (χ0) is 34.5. The Morgan fingerprint density at radius 2 is 0.961 bits per heavy atom. The molecule has 1 aliphatic carbocycles. The third-order valence-corrected chi connectivity index (χ3v) is 10.2. The Hall–Kier alpha value is -6.70. The van der Waals surface area contributed by atoms with Crippen molar-refractivity contribution in [2.45, 2.75) is 19.3 Å². The molecule has 1 aromatic heterocycles. The molecule has 0 saturated heterocycles. The van der Waals surface area contributed by atoms with E-state index in [1.165, 1.54) is 33.4 Å². The van der Waals surface area contributed by atoms with Gasteiger partial charge in [-0.2, -0.15) is 0 Å². The maximum absolute atomic E-state index is 7.57. The number of fused-ring (bicyclic) bond motifs is 4. The summed E-state index contributed by atoms with van der Waals surface area (Å²) in [5.74, 6) is 1.94. The van der Waals surface area contributed by atoms with E-state index in [2.05, 4.69) is 110 Å². The monoisotopic (exact) mass is 652 g/mol. The molecule has 4 nitrogen and oxygen atoms in total. The first-order valence-corrected chi connectivity index (χ1v) is 17.2. The molecule has 0 amide bonds. The van der Waals surface area contributed by atoms with Gasteiger partial charge in [0, 0.05) is 22.1 Å². The number of aromatic nitrogens is 3. The molecule has 0 unspecified atom stereocenters. The van der Waals surface area contributed by atoms with Crippen LogP contribution in [0.25, 0.3) is 83.2 Å². The van der Waals surface area contributed by atoms with E-state index >= 15 is 0 Å². The van der Waals surface area contributed by atoms with Gasteiger partial charge in [-0.15, -0.1) is 0 Å². The molecule has 1 heterocycles. The quantitative estimate of drug-likeness (QED) is 0.174. The molecular formula is C47H32N4. The van der Waals surface area contributed by atoms with Crippen LogP contribution in [-0.2, 0) is 5.41 Å². The third kappa shape index (κ3) is 5.10. The van der Waals surface area contributed by atoms with Crippen molar-refractivity contribution in [2.75, 3.05) is 0 Å². The van der Waals surface area contributed by atoms with E-state index in [0.717, 1.165) is 38.6 Å². The molecule has 0 aliphatic heterocycles. The molecule has 240 valence electrons. The van der Waals surface area contributed by atoms with Gasteiger partial charge < -0.3 is 0 Å². The van der Waals surface area contributed by atoms with Gasteiger partial charge in [0.25, 0.3) is 0 Å². The summed E-state index contributed by atoms with van der Waals surface area (Å²) in [7, 11) is 0. The predicted molar refractivity (Wildman–Crippen MR) is 208 cm³/mol. The van der Waals surface area contributed by atoms with Crippen LogP contribution >= 0.6 is 0 Å². The summed E-state index contributed by atoms with van der Waals surface area (Å²) in [6.45, 7) is 12.1. The van der Waals surface area contributed by atoms with Gasteiger partial charge in [0.05, 0.1) is 6.57 Å². The van der Waals surface area contributed by atoms with E-state index in [0.29, 0.717) is 23.2 Å². The zero-order valence-electron chi connectivity index (χ0n) is 28.3. The van der Waals surface area contributed by atoms with E-state index in [-0.39, 0.29) is 5.41 Å². The molecule has 0 bridgehead atoms. The van der Waals surface area contributed by atoms with Gasteiger partial charge in [-0.3, -0.25) is 0 Å². The van der Waals surface area contributed by atoms with Crippen LogP contribution in [0.2, 0.25) is 0 Å². The molecule has 0 fully saturated rings. The van der Waals surface area contributed by atoms with Gasteiger partial charge in [-0.1, -0.05) is 166 Å². The normalized spacial score (nSPS) is 12.6. The lowest BCUT2D eigenvalue weighted by Gasteiger charge is -2.22. The second-order valence-electron chi connectivity index (χ2n) is 13.5. The van der Waals surface area contributed by atoms with Crippen LogP contribution < -0.4 is 0 Å². The first-order chi connectivity index (χ1) is 25.0. The smallest absolute Gasteiger partial charge is 0.187 e. The van der Waals surface area contributed by atoms with Crippen LogP contribution in [0, 0.1) is 6.57 Å². The molecule has 0 atom stereocenters. The molecule has 51 heavy (non-hydrogen) atoms. The van der Waals surface area contributed by atoms with Crippen molar-refractivity contribution < 1.29 is 0 Å².